The number of hydrogen-bond acceptors (Lipinski definition) is 1. The first-order valence-electron chi connectivity index (χ1n) is 4.84. The standard InChI is InChI=1S/C11H12BrN/c12-8-1-2-10-9(7-8)11(3-4-11)5-6-13-10/h1-2,7,13H,3-6H2. The molecular weight excluding hydrogens is 226 g/mol. The lowest BCUT2D eigenvalue weighted by molar-refractivity contribution is 0.622. The van der Waals surface area contributed by atoms with Crippen LogP contribution >= 0.6 is 15.9 Å². The second-order valence-electron chi connectivity index (χ2n) is 4.15. The summed E-state index contributed by atoms with van der Waals surface area (Å²) < 4.78 is 1.21. The summed E-state index contributed by atoms with van der Waals surface area (Å²) in [5.41, 5.74) is 3.45. The number of anilines is 1. The molecule has 0 atom stereocenters. The van der Waals surface area contributed by atoms with Crippen molar-refractivity contribution in [3.63, 3.8) is 0 Å². The summed E-state index contributed by atoms with van der Waals surface area (Å²) in [7, 11) is 0. The molecule has 1 aliphatic heterocycles. The van der Waals surface area contributed by atoms with Crippen molar-refractivity contribution in [3.8, 4) is 0 Å². The molecule has 1 fully saturated rings. The van der Waals surface area contributed by atoms with Crippen LogP contribution in [-0.4, -0.2) is 6.54 Å². The van der Waals surface area contributed by atoms with Gasteiger partial charge in [0.2, 0.25) is 0 Å². The van der Waals surface area contributed by atoms with Gasteiger partial charge in [0, 0.05) is 16.7 Å². The first kappa shape index (κ1) is 7.86. The maximum atomic E-state index is 3.54. The third-order valence-electron chi connectivity index (χ3n) is 3.33. The van der Waals surface area contributed by atoms with Gasteiger partial charge in [0.25, 0.3) is 0 Å². The van der Waals surface area contributed by atoms with Crippen LogP contribution in [0.4, 0.5) is 5.69 Å². The molecule has 1 spiro atoms. The van der Waals surface area contributed by atoms with E-state index >= 15 is 0 Å². The Bertz CT molecular complexity index is 355. The van der Waals surface area contributed by atoms with Crippen molar-refractivity contribution in [3.05, 3.63) is 28.2 Å². The lowest BCUT2D eigenvalue weighted by Crippen LogP contribution is -2.21. The quantitative estimate of drug-likeness (QED) is 0.731. The molecule has 0 bridgehead atoms. The third kappa shape index (κ3) is 1.12. The Labute approximate surface area is 86.7 Å². The first-order chi connectivity index (χ1) is 6.30. The van der Waals surface area contributed by atoms with E-state index in [9.17, 15) is 0 Å². The summed E-state index contributed by atoms with van der Waals surface area (Å²) >= 11 is 3.54. The van der Waals surface area contributed by atoms with Crippen LogP contribution in [0.1, 0.15) is 24.8 Å². The number of hydrogen-bond donors (Lipinski definition) is 1. The van der Waals surface area contributed by atoms with Crippen LogP contribution in [-0.2, 0) is 5.41 Å². The molecule has 1 aliphatic carbocycles. The largest absolute Gasteiger partial charge is 0.385 e. The predicted molar refractivity (Wildman–Crippen MR) is 58.2 cm³/mol. The smallest absolute Gasteiger partial charge is 0.0379 e. The van der Waals surface area contributed by atoms with Crippen LogP contribution in [0.3, 0.4) is 0 Å². The maximum absolute atomic E-state index is 3.54. The van der Waals surface area contributed by atoms with Crippen LogP contribution in [0.15, 0.2) is 22.7 Å². The van der Waals surface area contributed by atoms with Crippen molar-refractivity contribution >= 4 is 21.6 Å². The zero-order valence-electron chi connectivity index (χ0n) is 7.44. The molecule has 0 saturated heterocycles. The Morgan fingerprint density at radius 3 is 2.85 bits per heavy atom. The normalized spacial score (nSPS) is 22.2. The second kappa shape index (κ2) is 2.50. The molecule has 2 heteroatoms. The molecule has 68 valence electrons. The van der Waals surface area contributed by atoms with Gasteiger partial charge in [0.15, 0.2) is 0 Å². The molecule has 1 aromatic carbocycles. The van der Waals surface area contributed by atoms with Crippen LogP contribution in [0.25, 0.3) is 0 Å². The molecule has 0 aromatic heterocycles. The van der Waals surface area contributed by atoms with Crippen molar-refractivity contribution in [2.75, 3.05) is 11.9 Å². The minimum absolute atomic E-state index is 0.560. The topological polar surface area (TPSA) is 12.0 Å². The van der Waals surface area contributed by atoms with E-state index < -0.39 is 0 Å². The van der Waals surface area contributed by atoms with E-state index in [2.05, 4.69) is 39.4 Å². The Morgan fingerprint density at radius 1 is 1.23 bits per heavy atom. The average Bonchev–Trinajstić information content (AvgIpc) is 2.88. The van der Waals surface area contributed by atoms with Gasteiger partial charge >= 0.3 is 0 Å². The van der Waals surface area contributed by atoms with Crippen molar-refractivity contribution < 1.29 is 0 Å². The molecule has 3 rings (SSSR count). The van der Waals surface area contributed by atoms with E-state index in [1.54, 1.807) is 0 Å². The van der Waals surface area contributed by atoms with E-state index in [-0.39, 0.29) is 0 Å². The van der Waals surface area contributed by atoms with Crippen molar-refractivity contribution in [1.82, 2.24) is 0 Å². The number of benzene rings is 1. The molecule has 1 saturated carbocycles. The van der Waals surface area contributed by atoms with E-state index in [1.807, 2.05) is 0 Å². The van der Waals surface area contributed by atoms with Crippen LogP contribution in [0.2, 0.25) is 0 Å². The van der Waals surface area contributed by atoms with Gasteiger partial charge in [-0.15, -0.1) is 0 Å². The third-order valence-corrected chi connectivity index (χ3v) is 3.82. The summed E-state index contributed by atoms with van der Waals surface area (Å²) in [6, 6.07) is 6.60. The fourth-order valence-electron chi connectivity index (χ4n) is 2.35. The van der Waals surface area contributed by atoms with E-state index in [4.69, 9.17) is 0 Å². The summed E-state index contributed by atoms with van der Waals surface area (Å²) in [6.45, 7) is 1.15. The molecule has 0 amide bonds. The highest BCUT2D eigenvalue weighted by Gasteiger charge is 2.46. The lowest BCUT2D eigenvalue weighted by atomic mass is 9.88. The van der Waals surface area contributed by atoms with Gasteiger partial charge in [-0.3, -0.25) is 0 Å². The van der Waals surface area contributed by atoms with Crippen LogP contribution in [0.5, 0.6) is 0 Å². The second-order valence-corrected chi connectivity index (χ2v) is 5.06. The van der Waals surface area contributed by atoms with Gasteiger partial charge in [-0.2, -0.15) is 0 Å². The average molecular weight is 238 g/mol. The van der Waals surface area contributed by atoms with Gasteiger partial charge < -0.3 is 5.32 Å². The lowest BCUT2D eigenvalue weighted by Gasteiger charge is -2.26. The molecule has 1 nitrogen and oxygen atoms in total. The molecule has 1 N–H and O–H groups in total. The number of rotatable bonds is 0. The highest BCUT2D eigenvalue weighted by Crippen LogP contribution is 2.55. The molecular formula is C11H12BrN. The predicted octanol–water partition coefficient (Wildman–Crippen LogP) is 3.30. The van der Waals surface area contributed by atoms with Crippen LogP contribution < -0.4 is 5.32 Å². The van der Waals surface area contributed by atoms with E-state index in [1.165, 1.54) is 35.0 Å². The zero-order valence-corrected chi connectivity index (χ0v) is 9.02. The SMILES string of the molecule is Brc1ccc2c(c1)C1(CCN2)CC1. The molecule has 2 aliphatic rings. The minimum atomic E-state index is 0.560. The number of halogens is 1. The number of fused-ring (bicyclic) bond motifs is 2. The Hall–Kier alpha value is -0.500. The van der Waals surface area contributed by atoms with E-state index in [0.717, 1.165) is 6.54 Å². The number of nitrogens with one attached hydrogen (secondary N) is 1. The first-order valence-corrected chi connectivity index (χ1v) is 5.63. The van der Waals surface area contributed by atoms with Gasteiger partial charge in [-0.25, -0.2) is 0 Å². The summed E-state index contributed by atoms with van der Waals surface area (Å²) in [6.07, 6.45) is 4.09. The zero-order chi connectivity index (χ0) is 8.89. The van der Waals surface area contributed by atoms with Gasteiger partial charge in [0.05, 0.1) is 0 Å². The fraction of sp³-hybridized carbons (Fsp3) is 0.455. The summed E-state index contributed by atoms with van der Waals surface area (Å²) in [5.74, 6) is 0. The Kier molecular flexibility index (Phi) is 1.51. The fourth-order valence-corrected chi connectivity index (χ4v) is 2.71. The maximum Gasteiger partial charge on any atom is 0.0379 e. The monoisotopic (exact) mass is 237 g/mol. The molecule has 1 heterocycles. The molecule has 1 aromatic rings. The Morgan fingerprint density at radius 2 is 2.08 bits per heavy atom. The molecule has 0 unspecified atom stereocenters. The van der Waals surface area contributed by atoms with Gasteiger partial charge in [-0.05, 0) is 48.4 Å². The highest BCUT2D eigenvalue weighted by molar-refractivity contribution is 9.10. The Balaban J connectivity index is 2.16. The van der Waals surface area contributed by atoms with Crippen molar-refractivity contribution in [2.45, 2.75) is 24.7 Å². The van der Waals surface area contributed by atoms with Crippen LogP contribution in [0, 0.1) is 0 Å². The molecule has 13 heavy (non-hydrogen) atoms. The highest BCUT2D eigenvalue weighted by atomic mass is 79.9. The molecule has 0 radical (unpaired) electrons. The van der Waals surface area contributed by atoms with Gasteiger partial charge in [-0.1, -0.05) is 15.9 Å². The summed E-state index contributed by atoms with van der Waals surface area (Å²) in [5, 5.41) is 3.46. The van der Waals surface area contributed by atoms with E-state index in [0.29, 0.717) is 5.41 Å². The van der Waals surface area contributed by atoms with Gasteiger partial charge in [0.1, 0.15) is 0 Å². The van der Waals surface area contributed by atoms with Crippen molar-refractivity contribution in [2.24, 2.45) is 0 Å². The summed E-state index contributed by atoms with van der Waals surface area (Å²) in [4.78, 5) is 0. The minimum Gasteiger partial charge on any atom is -0.385 e. The van der Waals surface area contributed by atoms with Crippen molar-refractivity contribution in [1.29, 1.82) is 0 Å².